The molecule has 0 amide bonds. The molecule has 94 valence electrons. The van der Waals surface area contributed by atoms with E-state index in [1.165, 1.54) is 0 Å². The summed E-state index contributed by atoms with van der Waals surface area (Å²) in [5.41, 5.74) is 5.45. The molecule has 2 fully saturated rings. The maximum absolute atomic E-state index is 12.1. The molecule has 0 aromatic carbocycles. The van der Waals surface area contributed by atoms with Crippen molar-refractivity contribution < 1.29 is 13.2 Å². The Morgan fingerprint density at radius 3 is 2.50 bits per heavy atom. The van der Waals surface area contributed by atoms with Gasteiger partial charge in [0.05, 0.1) is 11.3 Å². The maximum Gasteiger partial charge on any atom is 0.214 e. The molecule has 0 saturated carbocycles. The molecule has 2 aliphatic heterocycles. The van der Waals surface area contributed by atoms with Crippen LogP contribution in [0, 0.1) is 0 Å². The van der Waals surface area contributed by atoms with Crippen molar-refractivity contribution in [2.24, 2.45) is 5.73 Å². The second-order valence-corrected chi connectivity index (χ2v) is 6.65. The number of rotatable bonds is 2. The van der Waals surface area contributed by atoms with Crippen LogP contribution in [0.2, 0.25) is 0 Å². The van der Waals surface area contributed by atoms with Gasteiger partial charge in [-0.05, 0) is 25.7 Å². The lowest BCUT2D eigenvalue weighted by Crippen LogP contribution is -2.60. The molecule has 2 rings (SSSR count). The predicted molar refractivity (Wildman–Crippen MR) is 61.6 cm³/mol. The number of nitrogens with two attached hydrogens (primary N) is 1. The Labute approximate surface area is 97.0 Å². The average molecular weight is 248 g/mol. The first-order valence-electron chi connectivity index (χ1n) is 5.89. The molecule has 0 aromatic rings. The van der Waals surface area contributed by atoms with Crippen molar-refractivity contribution in [1.29, 1.82) is 0 Å². The van der Waals surface area contributed by atoms with Crippen molar-refractivity contribution in [1.82, 2.24) is 4.31 Å². The fraction of sp³-hybridized carbons (Fsp3) is 1.00. The van der Waals surface area contributed by atoms with Gasteiger partial charge in [0.15, 0.2) is 0 Å². The molecule has 0 aromatic heterocycles. The second-order valence-electron chi connectivity index (χ2n) is 4.64. The van der Waals surface area contributed by atoms with Crippen molar-refractivity contribution in [2.75, 3.05) is 32.1 Å². The Hall–Kier alpha value is -0.170. The van der Waals surface area contributed by atoms with Crippen LogP contribution in [0.4, 0.5) is 0 Å². The van der Waals surface area contributed by atoms with Crippen LogP contribution in [0.25, 0.3) is 0 Å². The van der Waals surface area contributed by atoms with Crippen molar-refractivity contribution in [3.05, 3.63) is 0 Å². The monoisotopic (exact) mass is 248 g/mol. The van der Waals surface area contributed by atoms with Gasteiger partial charge in [0, 0.05) is 26.3 Å². The van der Waals surface area contributed by atoms with Crippen LogP contribution >= 0.6 is 0 Å². The molecule has 2 heterocycles. The van der Waals surface area contributed by atoms with Gasteiger partial charge in [-0.15, -0.1) is 0 Å². The molecule has 0 spiro atoms. The minimum absolute atomic E-state index is 0.273. The second kappa shape index (κ2) is 4.60. The molecule has 0 aliphatic carbocycles. The molecule has 5 nitrogen and oxygen atoms in total. The highest BCUT2D eigenvalue weighted by atomic mass is 32.2. The summed E-state index contributed by atoms with van der Waals surface area (Å²) in [5.74, 6) is 0.273. The summed E-state index contributed by atoms with van der Waals surface area (Å²) in [4.78, 5) is 0. The van der Waals surface area contributed by atoms with Gasteiger partial charge in [-0.1, -0.05) is 0 Å². The van der Waals surface area contributed by atoms with Crippen LogP contribution < -0.4 is 5.73 Å². The summed E-state index contributed by atoms with van der Waals surface area (Å²) in [7, 11) is -3.10. The fourth-order valence-electron chi connectivity index (χ4n) is 2.63. The van der Waals surface area contributed by atoms with E-state index in [9.17, 15) is 8.42 Å². The zero-order valence-electron chi connectivity index (χ0n) is 9.52. The Balaban J connectivity index is 2.25. The largest absolute Gasteiger partial charge is 0.381 e. The van der Waals surface area contributed by atoms with Crippen LogP contribution in [0.1, 0.15) is 25.7 Å². The first-order chi connectivity index (χ1) is 7.61. The number of hydrogen-bond donors (Lipinski definition) is 1. The summed E-state index contributed by atoms with van der Waals surface area (Å²) in [6.07, 6.45) is 3.17. The van der Waals surface area contributed by atoms with E-state index in [0.717, 1.165) is 25.7 Å². The zero-order valence-corrected chi connectivity index (χ0v) is 10.3. The lowest BCUT2D eigenvalue weighted by molar-refractivity contribution is 0.00796. The van der Waals surface area contributed by atoms with Gasteiger partial charge in [-0.3, -0.25) is 0 Å². The molecule has 0 bridgehead atoms. The van der Waals surface area contributed by atoms with E-state index in [4.69, 9.17) is 10.5 Å². The van der Waals surface area contributed by atoms with Crippen LogP contribution in [0.15, 0.2) is 0 Å². The van der Waals surface area contributed by atoms with Crippen LogP contribution in [0.3, 0.4) is 0 Å². The van der Waals surface area contributed by atoms with E-state index in [0.29, 0.717) is 26.3 Å². The van der Waals surface area contributed by atoms with Gasteiger partial charge in [0.25, 0.3) is 0 Å². The quantitative estimate of drug-likeness (QED) is 0.742. The van der Waals surface area contributed by atoms with E-state index >= 15 is 0 Å². The normalized spacial score (nSPS) is 30.1. The average Bonchev–Trinajstić information content (AvgIpc) is 2.29. The van der Waals surface area contributed by atoms with Gasteiger partial charge in [0.1, 0.15) is 0 Å². The van der Waals surface area contributed by atoms with Gasteiger partial charge in [-0.2, -0.15) is 4.31 Å². The third kappa shape index (κ3) is 2.11. The van der Waals surface area contributed by atoms with E-state index < -0.39 is 10.0 Å². The van der Waals surface area contributed by atoms with Crippen molar-refractivity contribution in [3.63, 3.8) is 0 Å². The Morgan fingerprint density at radius 2 is 1.94 bits per heavy atom. The van der Waals surface area contributed by atoms with E-state index in [2.05, 4.69) is 0 Å². The molecule has 0 radical (unpaired) electrons. The number of nitrogens with zero attached hydrogens (tertiary/aromatic N) is 1. The van der Waals surface area contributed by atoms with Crippen LogP contribution in [0.5, 0.6) is 0 Å². The molecular weight excluding hydrogens is 228 g/mol. The highest BCUT2D eigenvalue weighted by Gasteiger charge is 2.44. The van der Waals surface area contributed by atoms with Gasteiger partial charge < -0.3 is 10.5 Å². The fourth-order valence-corrected chi connectivity index (χ4v) is 4.67. The molecule has 0 unspecified atom stereocenters. The Morgan fingerprint density at radius 1 is 1.25 bits per heavy atom. The predicted octanol–water partition coefficient (Wildman–Crippen LogP) is -0.0801. The first kappa shape index (κ1) is 12.3. The van der Waals surface area contributed by atoms with Crippen LogP contribution in [-0.4, -0.2) is 50.3 Å². The van der Waals surface area contributed by atoms with Gasteiger partial charge in [0.2, 0.25) is 10.0 Å². The number of ether oxygens (including phenoxy) is 1. The standard InChI is InChI=1S/C10H20N2O3S/c11-9-10(3-6-15-7-4-10)12-5-1-2-8-16(12,13)14/h1-9,11H2. The molecule has 2 saturated heterocycles. The molecule has 0 atom stereocenters. The lowest BCUT2D eigenvalue weighted by atomic mass is 9.90. The number of hydrogen-bond acceptors (Lipinski definition) is 4. The number of sulfonamides is 1. The Kier molecular flexibility index (Phi) is 3.53. The Bertz CT molecular complexity index is 336. The summed E-state index contributed by atoms with van der Waals surface area (Å²) in [5, 5.41) is 0. The first-order valence-corrected chi connectivity index (χ1v) is 7.50. The van der Waals surface area contributed by atoms with Crippen molar-refractivity contribution in [3.8, 4) is 0 Å². The smallest absolute Gasteiger partial charge is 0.214 e. The molecular formula is C10H20N2O3S. The molecule has 16 heavy (non-hydrogen) atoms. The van der Waals surface area contributed by atoms with E-state index in [-0.39, 0.29) is 11.3 Å². The SMILES string of the molecule is NCC1(N2CCCCS2(=O)=O)CCOCC1. The molecule has 2 aliphatic rings. The minimum Gasteiger partial charge on any atom is -0.381 e. The van der Waals surface area contributed by atoms with Crippen molar-refractivity contribution in [2.45, 2.75) is 31.2 Å². The minimum atomic E-state index is -3.10. The van der Waals surface area contributed by atoms with Crippen LogP contribution in [-0.2, 0) is 14.8 Å². The molecule has 2 N–H and O–H groups in total. The van der Waals surface area contributed by atoms with Gasteiger partial charge in [-0.25, -0.2) is 8.42 Å². The summed E-state index contributed by atoms with van der Waals surface area (Å²) in [6, 6.07) is 0. The van der Waals surface area contributed by atoms with E-state index in [1.807, 2.05) is 0 Å². The highest BCUT2D eigenvalue weighted by Crippen LogP contribution is 2.32. The summed E-state index contributed by atoms with van der Waals surface area (Å²) in [6.45, 7) is 2.25. The maximum atomic E-state index is 12.1. The summed E-state index contributed by atoms with van der Waals surface area (Å²) < 4.78 is 31.1. The van der Waals surface area contributed by atoms with Crippen molar-refractivity contribution >= 4 is 10.0 Å². The third-order valence-corrected chi connectivity index (χ3v) is 5.73. The topological polar surface area (TPSA) is 72.6 Å². The molecule has 6 heteroatoms. The van der Waals surface area contributed by atoms with Gasteiger partial charge >= 0.3 is 0 Å². The highest BCUT2D eigenvalue weighted by molar-refractivity contribution is 7.89. The third-order valence-electron chi connectivity index (χ3n) is 3.68. The zero-order chi connectivity index (χ0) is 11.6. The lowest BCUT2D eigenvalue weighted by Gasteiger charge is -2.46. The van der Waals surface area contributed by atoms with E-state index in [1.54, 1.807) is 4.31 Å². The summed E-state index contributed by atoms with van der Waals surface area (Å²) >= 11 is 0.